The molecule has 1 aliphatic carbocycles. The molecule has 0 aromatic heterocycles. The number of fused-ring (bicyclic) bond motifs is 2. The molecule has 1 heterocycles. The maximum Gasteiger partial charge on any atom is 0.0207 e. The van der Waals surface area contributed by atoms with Gasteiger partial charge in [0, 0.05) is 34.9 Å². The maximum atomic E-state index is 2.52. The van der Waals surface area contributed by atoms with Gasteiger partial charge in [-0.1, -0.05) is 0 Å². The average Bonchev–Trinajstić information content (AvgIpc) is 2.37. The van der Waals surface area contributed by atoms with Crippen molar-refractivity contribution in [2.45, 2.75) is 38.3 Å². The van der Waals surface area contributed by atoms with Crippen LogP contribution in [-0.4, -0.2) is 15.2 Å². The topological polar surface area (TPSA) is 3.24 Å². The molecule has 9 heavy (non-hydrogen) atoms. The van der Waals surface area contributed by atoms with Crippen molar-refractivity contribution < 1.29 is 0 Å². The van der Waals surface area contributed by atoms with E-state index >= 15 is 0 Å². The second-order valence-electron chi connectivity index (χ2n) is 3.31. The van der Waals surface area contributed by atoms with E-state index in [-0.39, 0.29) is 0 Å². The summed E-state index contributed by atoms with van der Waals surface area (Å²) in [5, 5.41) is 0. The molecule has 0 amide bonds. The predicted molar refractivity (Wildman–Crippen MR) is 46.5 cm³/mol. The number of halogens is 1. The summed E-state index contributed by atoms with van der Waals surface area (Å²) < 4.78 is 2.52. The van der Waals surface area contributed by atoms with Gasteiger partial charge >= 0.3 is 0 Å². The third-order valence-electron chi connectivity index (χ3n) is 2.87. The summed E-state index contributed by atoms with van der Waals surface area (Å²) in [5.74, 6) is 1.03. The SMILES string of the molecule is CC1[C@H]2CC[C@H](C2)N1I. The number of piperidine rings is 1. The first-order valence-electron chi connectivity index (χ1n) is 3.73. The highest BCUT2D eigenvalue weighted by atomic mass is 127. The van der Waals surface area contributed by atoms with Gasteiger partial charge in [0.1, 0.15) is 0 Å². The minimum Gasteiger partial charge on any atom is -0.241 e. The summed E-state index contributed by atoms with van der Waals surface area (Å²) >= 11 is 2.48. The Balaban J connectivity index is 2.15. The van der Waals surface area contributed by atoms with Gasteiger partial charge in [0.25, 0.3) is 0 Å². The van der Waals surface area contributed by atoms with Crippen LogP contribution >= 0.6 is 22.9 Å². The maximum absolute atomic E-state index is 2.52. The van der Waals surface area contributed by atoms with Gasteiger partial charge in [0.15, 0.2) is 0 Å². The first kappa shape index (κ1) is 6.40. The lowest BCUT2D eigenvalue weighted by Crippen LogP contribution is -2.30. The minimum absolute atomic E-state index is 0.865. The van der Waals surface area contributed by atoms with Crippen LogP contribution in [0.2, 0.25) is 0 Å². The molecule has 2 rings (SSSR count). The third-order valence-corrected chi connectivity index (χ3v) is 4.53. The Kier molecular flexibility index (Phi) is 1.49. The van der Waals surface area contributed by atoms with Gasteiger partial charge in [-0.05, 0) is 32.1 Å². The zero-order valence-electron chi connectivity index (χ0n) is 5.68. The van der Waals surface area contributed by atoms with Crippen LogP contribution in [0.3, 0.4) is 0 Å². The van der Waals surface area contributed by atoms with Crippen LogP contribution in [0.1, 0.15) is 26.2 Å². The normalized spacial score (nSPS) is 50.7. The molecule has 1 nitrogen and oxygen atoms in total. The van der Waals surface area contributed by atoms with Crippen LogP contribution in [0.5, 0.6) is 0 Å². The smallest absolute Gasteiger partial charge is 0.0207 e. The molecule has 2 bridgehead atoms. The lowest BCUT2D eigenvalue weighted by atomic mass is 10.0. The van der Waals surface area contributed by atoms with Crippen molar-refractivity contribution in [3.8, 4) is 0 Å². The number of hydrogen-bond donors (Lipinski definition) is 0. The van der Waals surface area contributed by atoms with Crippen LogP contribution in [0.15, 0.2) is 0 Å². The zero-order chi connectivity index (χ0) is 6.43. The van der Waals surface area contributed by atoms with E-state index in [1.54, 1.807) is 0 Å². The molecule has 1 saturated carbocycles. The molecule has 0 spiro atoms. The fourth-order valence-electron chi connectivity index (χ4n) is 2.19. The van der Waals surface area contributed by atoms with Crippen LogP contribution in [0.4, 0.5) is 0 Å². The second kappa shape index (κ2) is 2.09. The highest BCUT2D eigenvalue weighted by molar-refractivity contribution is 14.1. The Morgan fingerprint density at radius 3 is 2.56 bits per heavy atom. The summed E-state index contributed by atoms with van der Waals surface area (Å²) in [4.78, 5) is 0. The van der Waals surface area contributed by atoms with Crippen molar-refractivity contribution in [1.82, 2.24) is 3.11 Å². The van der Waals surface area contributed by atoms with Crippen molar-refractivity contribution in [2.24, 2.45) is 5.92 Å². The monoisotopic (exact) mass is 237 g/mol. The minimum atomic E-state index is 0.865. The van der Waals surface area contributed by atoms with E-state index in [0.29, 0.717) is 0 Å². The Labute approximate surface area is 70.3 Å². The Morgan fingerprint density at radius 2 is 2.22 bits per heavy atom. The van der Waals surface area contributed by atoms with Gasteiger partial charge in [0.05, 0.1) is 0 Å². The summed E-state index contributed by atoms with van der Waals surface area (Å²) in [5.41, 5.74) is 0. The van der Waals surface area contributed by atoms with Crippen LogP contribution < -0.4 is 0 Å². The molecule has 2 aliphatic rings. The van der Waals surface area contributed by atoms with E-state index in [1.165, 1.54) is 19.3 Å². The van der Waals surface area contributed by atoms with E-state index in [4.69, 9.17) is 0 Å². The molecular weight excluding hydrogens is 225 g/mol. The highest BCUT2D eigenvalue weighted by Gasteiger charge is 2.42. The van der Waals surface area contributed by atoms with Gasteiger partial charge in [-0.2, -0.15) is 0 Å². The Morgan fingerprint density at radius 1 is 1.44 bits per heavy atom. The molecule has 3 atom stereocenters. The molecule has 0 N–H and O–H groups in total. The molecule has 1 aliphatic heterocycles. The van der Waals surface area contributed by atoms with Crippen molar-refractivity contribution >= 4 is 22.9 Å². The van der Waals surface area contributed by atoms with E-state index in [1.807, 2.05) is 0 Å². The first-order valence-corrected chi connectivity index (χ1v) is 4.69. The molecule has 1 unspecified atom stereocenters. The lowest BCUT2D eigenvalue weighted by molar-refractivity contribution is 0.305. The van der Waals surface area contributed by atoms with E-state index in [0.717, 1.165) is 18.0 Å². The number of rotatable bonds is 0. The number of hydrogen-bond acceptors (Lipinski definition) is 1. The number of nitrogens with zero attached hydrogens (tertiary/aromatic N) is 1. The second-order valence-corrected chi connectivity index (χ2v) is 4.43. The molecule has 1 saturated heterocycles. The van der Waals surface area contributed by atoms with Crippen LogP contribution in [0.25, 0.3) is 0 Å². The molecular formula is C7H12IN. The molecule has 2 fully saturated rings. The van der Waals surface area contributed by atoms with Crippen molar-refractivity contribution in [3.05, 3.63) is 0 Å². The summed E-state index contributed by atoms with van der Waals surface area (Å²) in [6.45, 7) is 2.36. The fourth-order valence-corrected chi connectivity index (χ4v) is 3.15. The van der Waals surface area contributed by atoms with Gasteiger partial charge in [0.2, 0.25) is 0 Å². The van der Waals surface area contributed by atoms with Crippen molar-refractivity contribution in [2.75, 3.05) is 0 Å². The third kappa shape index (κ3) is 0.827. The van der Waals surface area contributed by atoms with E-state index in [2.05, 4.69) is 32.9 Å². The fraction of sp³-hybridized carbons (Fsp3) is 1.00. The largest absolute Gasteiger partial charge is 0.241 e. The van der Waals surface area contributed by atoms with Gasteiger partial charge in [-0.15, -0.1) is 0 Å². The Bertz CT molecular complexity index is 108. The van der Waals surface area contributed by atoms with E-state index < -0.39 is 0 Å². The predicted octanol–water partition coefficient (Wildman–Crippen LogP) is 2.21. The van der Waals surface area contributed by atoms with E-state index in [9.17, 15) is 0 Å². The zero-order valence-corrected chi connectivity index (χ0v) is 7.84. The standard InChI is InChI=1S/C7H12IN/c1-5-6-2-3-7(4-6)9(5)8/h5-7H,2-4H2,1H3/t5?,6-,7+/m0/s1. The molecule has 0 radical (unpaired) electrons. The van der Waals surface area contributed by atoms with Crippen molar-refractivity contribution in [3.63, 3.8) is 0 Å². The van der Waals surface area contributed by atoms with Crippen LogP contribution in [-0.2, 0) is 0 Å². The molecule has 0 aromatic rings. The summed E-state index contributed by atoms with van der Waals surface area (Å²) in [6, 6.07) is 1.80. The summed E-state index contributed by atoms with van der Waals surface area (Å²) in [6.07, 6.45) is 4.42. The molecule has 2 heteroatoms. The van der Waals surface area contributed by atoms with Crippen LogP contribution in [0, 0.1) is 5.92 Å². The molecule has 52 valence electrons. The molecule has 0 aromatic carbocycles. The lowest BCUT2D eigenvalue weighted by Gasteiger charge is -2.26. The van der Waals surface area contributed by atoms with Crippen molar-refractivity contribution in [1.29, 1.82) is 0 Å². The Hall–Kier alpha value is 0.690. The average molecular weight is 237 g/mol. The highest BCUT2D eigenvalue weighted by Crippen LogP contribution is 2.43. The van der Waals surface area contributed by atoms with Gasteiger partial charge < -0.3 is 0 Å². The quantitative estimate of drug-likeness (QED) is 0.461. The summed E-state index contributed by atoms with van der Waals surface area (Å²) in [7, 11) is 0. The van der Waals surface area contributed by atoms with Gasteiger partial charge in [-0.25, -0.2) is 3.11 Å². The van der Waals surface area contributed by atoms with Gasteiger partial charge in [-0.3, -0.25) is 0 Å². The first-order chi connectivity index (χ1) is 4.29.